The van der Waals surface area contributed by atoms with E-state index in [2.05, 4.69) is 14.7 Å². The third-order valence-corrected chi connectivity index (χ3v) is 5.36. The van der Waals surface area contributed by atoms with Crippen molar-refractivity contribution in [3.8, 4) is 0 Å². The highest BCUT2D eigenvalue weighted by Crippen LogP contribution is 2.33. The van der Waals surface area contributed by atoms with Gasteiger partial charge < -0.3 is 13.8 Å². The first kappa shape index (κ1) is 16.7. The number of hydrogen-bond acceptors (Lipinski definition) is 5. The number of ether oxygens (including phenoxy) is 1. The fourth-order valence-electron chi connectivity index (χ4n) is 3.92. The van der Waals surface area contributed by atoms with Crippen molar-refractivity contribution in [3.63, 3.8) is 0 Å². The summed E-state index contributed by atoms with van der Waals surface area (Å²) < 4.78 is 13.2. The lowest BCUT2D eigenvalue weighted by Gasteiger charge is -2.26. The van der Waals surface area contributed by atoms with Crippen molar-refractivity contribution >= 4 is 33.5 Å². The normalized spacial score (nSPS) is 15.8. The summed E-state index contributed by atoms with van der Waals surface area (Å²) in [5.74, 6) is 1.78. The van der Waals surface area contributed by atoms with Gasteiger partial charge >= 0.3 is 0 Å². The number of hydrogen-bond donors (Lipinski definition) is 0. The average Bonchev–Trinajstić information content (AvgIpc) is 3.25. The predicted molar refractivity (Wildman–Crippen MR) is 103 cm³/mol. The third-order valence-electron chi connectivity index (χ3n) is 5.12. The lowest BCUT2D eigenvalue weighted by molar-refractivity contribution is 0.0700. The van der Waals surface area contributed by atoms with Crippen molar-refractivity contribution in [1.82, 2.24) is 19.7 Å². The number of aromatic nitrogens is 4. The molecule has 0 radical (unpaired) electrons. The van der Waals surface area contributed by atoms with Crippen LogP contribution in [0, 0.1) is 6.92 Å². The number of nitrogens with zero attached hydrogens (tertiary/aromatic N) is 4. The van der Waals surface area contributed by atoms with Gasteiger partial charge in [0, 0.05) is 35.7 Å². The molecule has 138 valence electrons. The standard InChI is InChI=1S/C20H19ClN4O2/c1-12-8-14(24-27-12)10-19-23-18-11-22-17-3-2-13(21)9-16(17)20(18)25(19)15-4-6-26-7-5-15/h2-3,8-9,11,15H,4-7,10H2,1H3. The van der Waals surface area contributed by atoms with Crippen LogP contribution in [0.1, 0.15) is 36.2 Å². The highest BCUT2D eigenvalue weighted by molar-refractivity contribution is 6.31. The Hall–Kier alpha value is -2.44. The first-order valence-corrected chi connectivity index (χ1v) is 9.52. The molecule has 0 N–H and O–H groups in total. The summed E-state index contributed by atoms with van der Waals surface area (Å²) in [4.78, 5) is 9.47. The zero-order valence-corrected chi connectivity index (χ0v) is 15.7. The molecule has 7 heteroatoms. The monoisotopic (exact) mass is 382 g/mol. The van der Waals surface area contributed by atoms with E-state index in [4.69, 9.17) is 25.8 Å². The first-order valence-electron chi connectivity index (χ1n) is 9.14. The molecule has 27 heavy (non-hydrogen) atoms. The zero-order valence-electron chi connectivity index (χ0n) is 15.0. The second-order valence-corrected chi connectivity index (χ2v) is 7.44. The summed E-state index contributed by atoms with van der Waals surface area (Å²) in [7, 11) is 0. The molecule has 1 fully saturated rings. The van der Waals surface area contributed by atoms with E-state index in [-0.39, 0.29) is 0 Å². The number of halogens is 1. The van der Waals surface area contributed by atoms with E-state index in [9.17, 15) is 0 Å². The Bertz CT molecular complexity index is 1130. The lowest BCUT2D eigenvalue weighted by Crippen LogP contribution is -2.21. The van der Waals surface area contributed by atoms with Gasteiger partial charge in [0.25, 0.3) is 0 Å². The van der Waals surface area contributed by atoms with Crippen molar-refractivity contribution in [2.24, 2.45) is 0 Å². The molecule has 4 aromatic rings. The van der Waals surface area contributed by atoms with Crippen molar-refractivity contribution in [3.05, 3.63) is 52.8 Å². The maximum Gasteiger partial charge on any atom is 0.133 e. The van der Waals surface area contributed by atoms with Crippen molar-refractivity contribution in [2.45, 2.75) is 32.2 Å². The lowest BCUT2D eigenvalue weighted by atomic mass is 10.1. The van der Waals surface area contributed by atoms with Crippen LogP contribution >= 0.6 is 11.6 Å². The summed E-state index contributed by atoms with van der Waals surface area (Å²) in [5.41, 5.74) is 3.77. The molecule has 0 bridgehead atoms. The second-order valence-electron chi connectivity index (χ2n) is 7.00. The predicted octanol–water partition coefficient (Wildman–Crippen LogP) is 4.48. The highest BCUT2D eigenvalue weighted by Gasteiger charge is 2.24. The number of imidazole rings is 1. The SMILES string of the molecule is Cc1cc(Cc2nc3cnc4ccc(Cl)cc4c3n2C2CCOCC2)no1. The van der Waals surface area contributed by atoms with Gasteiger partial charge in [-0.3, -0.25) is 4.98 Å². The summed E-state index contributed by atoms with van der Waals surface area (Å²) in [6.07, 6.45) is 4.38. The van der Waals surface area contributed by atoms with Crippen molar-refractivity contribution < 1.29 is 9.26 Å². The zero-order chi connectivity index (χ0) is 18.4. The Morgan fingerprint density at radius 3 is 2.81 bits per heavy atom. The number of aryl methyl sites for hydroxylation is 1. The van der Waals surface area contributed by atoms with Crippen molar-refractivity contribution in [1.29, 1.82) is 0 Å². The van der Waals surface area contributed by atoms with Gasteiger partial charge in [-0.25, -0.2) is 4.98 Å². The number of fused-ring (bicyclic) bond motifs is 3. The van der Waals surface area contributed by atoms with Crippen LogP contribution in [0.3, 0.4) is 0 Å². The Morgan fingerprint density at radius 1 is 1.19 bits per heavy atom. The van der Waals surface area contributed by atoms with E-state index >= 15 is 0 Å². The number of pyridine rings is 1. The van der Waals surface area contributed by atoms with Crippen LogP contribution in [-0.4, -0.2) is 32.9 Å². The van der Waals surface area contributed by atoms with Crippen LogP contribution in [0.25, 0.3) is 21.9 Å². The minimum atomic E-state index is 0.330. The minimum Gasteiger partial charge on any atom is -0.381 e. The maximum atomic E-state index is 6.30. The first-order chi connectivity index (χ1) is 13.2. The summed E-state index contributed by atoms with van der Waals surface area (Å²) in [5, 5.41) is 5.88. The van der Waals surface area contributed by atoms with Crippen molar-refractivity contribution in [2.75, 3.05) is 13.2 Å². The van der Waals surface area contributed by atoms with Gasteiger partial charge in [-0.2, -0.15) is 0 Å². The van der Waals surface area contributed by atoms with Crippen LogP contribution < -0.4 is 0 Å². The van der Waals surface area contributed by atoms with E-state index < -0.39 is 0 Å². The molecule has 6 nitrogen and oxygen atoms in total. The van der Waals surface area contributed by atoms with Gasteiger partial charge in [-0.1, -0.05) is 16.8 Å². The van der Waals surface area contributed by atoms with Gasteiger partial charge in [0.05, 0.1) is 29.3 Å². The molecule has 0 unspecified atom stereocenters. The molecule has 3 aromatic heterocycles. The van der Waals surface area contributed by atoms with Crippen LogP contribution in [0.5, 0.6) is 0 Å². The Morgan fingerprint density at radius 2 is 2.04 bits per heavy atom. The van der Waals surface area contributed by atoms with Gasteiger partial charge in [-0.05, 0) is 38.0 Å². The molecule has 0 saturated carbocycles. The Labute approximate surface area is 161 Å². The molecule has 0 atom stereocenters. The molecule has 1 saturated heterocycles. The molecule has 1 aliphatic rings. The average molecular weight is 383 g/mol. The molecule has 0 amide bonds. The number of benzene rings is 1. The van der Waals surface area contributed by atoms with E-state index in [0.29, 0.717) is 17.5 Å². The van der Waals surface area contributed by atoms with E-state index in [1.165, 1.54) is 0 Å². The summed E-state index contributed by atoms with van der Waals surface area (Å²) >= 11 is 6.30. The Balaban J connectivity index is 1.75. The molecular weight excluding hydrogens is 364 g/mol. The fourth-order valence-corrected chi connectivity index (χ4v) is 4.09. The van der Waals surface area contributed by atoms with Gasteiger partial charge in [-0.15, -0.1) is 0 Å². The molecule has 0 spiro atoms. The molecular formula is C20H19ClN4O2. The van der Waals surface area contributed by atoms with E-state index in [1.54, 1.807) is 0 Å². The number of rotatable bonds is 3. The highest BCUT2D eigenvalue weighted by atomic mass is 35.5. The second kappa shape index (κ2) is 6.62. The molecule has 1 aromatic carbocycles. The Kier molecular flexibility index (Phi) is 4.10. The molecule has 5 rings (SSSR count). The minimum absolute atomic E-state index is 0.330. The van der Waals surface area contributed by atoms with Gasteiger partial charge in [0.1, 0.15) is 17.1 Å². The topological polar surface area (TPSA) is 66.0 Å². The summed E-state index contributed by atoms with van der Waals surface area (Å²) in [6.45, 7) is 3.42. The maximum absolute atomic E-state index is 6.30. The molecule has 0 aliphatic carbocycles. The molecule has 1 aliphatic heterocycles. The quantitative estimate of drug-likeness (QED) is 0.522. The van der Waals surface area contributed by atoms with Gasteiger partial charge in [0.2, 0.25) is 0 Å². The van der Waals surface area contributed by atoms with Gasteiger partial charge in [0.15, 0.2) is 0 Å². The van der Waals surface area contributed by atoms with E-state index in [0.717, 1.165) is 65.3 Å². The van der Waals surface area contributed by atoms with Crippen LogP contribution in [0.4, 0.5) is 0 Å². The van der Waals surface area contributed by atoms with Crippen LogP contribution in [0.15, 0.2) is 35.0 Å². The van der Waals surface area contributed by atoms with Crippen LogP contribution in [0.2, 0.25) is 5.02 Å². The van der Waals surface area contributed by atoms with Crippen LogP contribution in [-0.2, 0) is 11.2 Å². The van der Waals surface area contributed by atoms with E-state index in [1.807, 2.05) is 37.4 Å². The smallest absolute Gasteiger partial charge is 0.133 e. The third kappa shape index (κ3) is 2.99. The summed E-state index contributed by atoms with van der Waals surface area (Å²) in [6, 6.07) is 8.10. The largest absolute Gasteiger partial charge is 0.381 e. The fraction of sp³-hybridized carbons (Fsp3) is 0.350. The molecule has 4 heterocycles.